The number of rotatable bonds is 6. The Balaban J connectivity index is 1.84. The topological polar surface area (TPSA) is 58.1 Å². The average molecular weight is 364 g/mol. The van der Waals surface area contributed by atoms with E-state index >= 15 is 0 Å². The Bertz CT molecular complexity index is 856. The molecule has 0 saturated heterocycles. The maximum atomic E-state index is 13.0. The second-order valence-electron chi connectivity index (χ2n) is 5.87. The van der Waals surface area contributed by atoms with E-state index in [4.69, 9.17) is 0 Å². The number of hydrogen-bond donors (Lipinski definition) is 1. The highest BCUT2D eigenvalue weighted by atomic mass is 32.2. The maximum Gasteiger partial charge on any atom is 0.243 e. The first-order valence-electron chi connectivity index (χ1n) is 8.20. The summed E-state index contributed by atoms with van der Waals surface area (Å²) in [5.74, 6) is 1.11. The summed E-state index contributed by atoms with van der Waals surface area (Å²) in [6.45, 7) is 0. The predicted octanol–water partition coefficient (Wildman–Crippen LogP) is 4.01. The summed E-state index contributed by atoms with van der Waals surface area (Å²) in [6.07, 6.45) is 1.45. The van der Waals surface area contributed by atoms with Crippen molar-refractivity contribution in [1.29, 1.82) is 0 Å². The van der Waals surface area contributed by atoms with E-state index in [0.29, 0.717) is 5.82 Å². The molecule has 0 fully saturated rings. The van der Waals surface area contributed by atoms with E-state index in [1.54, 1.807) is 6.07 Å². The van der Waals surface area contributed by atoms with Gasteiger partial charge in [0, 0.05) is 25.1 Å². The van der Waals surface area contributed by atoms with Crippen LogP contribution in [0.15, 0.2) is 78.0 Å². The zero-order chi connectivity index (χ0) is 18.4. The predicted molar refractivity (Wildman–Crippen MR) is 106 cm³/mol. The van der Waals surface area contributed by atoms with Gasteiger partial charge in [0.2, 0.25) is 5.91 Å². The zero-order valence-electron chi connectivity index (χ0n) is 14.7. The molecule has 0 spiro atoms. The molecule has 3 aromatic rings. The number of carbonyl (C=O) groups excluding carboxylic acids is 1. The Kier molecular flexibility index (Phi) is 5.86. The number of benzene rings is 2. The zero-order valence-corrected chi connectivity index (χ0v) is 15.5. The average Bonchev–Trinajstić information content (AvgIpc) is 2.67. The standard InChI is InChI=1S/C20H20N4OS/c1-24(2)18-13-17(21-14-22-18)23-20(25)19(15-9-5-3-6-10-15)26-16-11-7-4-8-12-16/h3-14,19H,1-2H3,(H,21,22,23,25)/t19-/m0/s1. The number of anilines is 2. The minimum atomic E-state index is -0.378. The highest BCUT2D eigenvalue weighted by molar-refractivity contribution is 8.00. The molecule has 0 aliphatic rings. The minimum Gasteiger partial charge on any atom is -0.363 e. The Morgan fingerprint density at radius 1 is 1.00 bits per heavy atom. The van der Waals surface area contributed by atoms with Crippen molar-refractivity contribution in [2.45, 2.75) is 10.1 Å². The van der Waals surface area contributed by atoms with Crippen LogP contribution in [0.25, 0.3) is 0 Å². The second-order valence-corrected chi connectivity index (χ2v) is 7.05. The normalized spacial score (nSPS) is 11.6. The lowest BCUT2D eigenvalue weighted by Gasteiger charge is -2.17. The van der Waals surface area contributed by atoms with Gasteiger partial charge in [-0.15, -0.1) is 11.8 Å². The van der Waals surface area contributed by atoms with Crippen molar-refractivity contribution in [1.82, 2.24) is 9.97 Å². The largest absolute Gasteiger partial charge is 0.363 e. The van der Waals surface area contributed by atoms with E-state index in [1.165, 1.54) is 18.1 Å². The van der Waals surface area contributed by atoms with Crippen molar-refractivity contribution in [3.63, 3.8) is 0 Å². The van der Waals surface area contributed by atoms with Crippen molar-refractivity contribution in [3.8, 4) is 0 Å². The Labute approximate surface area is 157 Å². The van der Waals surface area contributed by atoms with Gasteiger partial charge in [0.15, 0.2) is 0 Å². The van der Waals surface area contributed by atoms with Crippen LogP contribution in [-0.2, 0) is 4.79 Å². The van der Waals surface area contributed by atoms with E-state index in [0.717, 1.165) is 16.3 Å². The van der Waals surface area contributed by atoms with Crippen molar-refractivity contribution in [2.75, 3.05) is 24.3 Å². The lowest BCUT2D eigenvalue weighted by molar-refractivity contribution is -0.115. The van der Waals surface area contributed by atoms with Crippen LogP contribution in [0.4, 0.5) is 11.6 Å². The number of hydrogen-bond acceptors (Lipinski definition) is 5. The highest BCUT2D eigenvalue weighted by Gasteiger charge is 2.22. The fraction of sp³-hybridized carbons (Fsp3) is 0.150. The molecule has 0 radical (unpaired) electrons. The summed E-state index contributed by atoms with van der Waals surface area (Å²) < 4.78 is 0. The van der Waals surface area contributed by atoms with Crippen LogP contribution in [-0.4, -0.2) is 30.0 Å². The Morgan fingerprint density at radius 3 is 2.31 bits per heavy atom. The number of aromatic nitrogens is 2. The summed E-state index contributed by atoms with van der Waals surface area (Å²) >= 11 is 1.51. The molecule has 1 amide bonds. The molecule has 0 aliphatic carbocycles. The van der Waals surface area contributed by atoms with Crippen molar-refractivity contribution in [3.05, 3.63) is 78.6 Å². The van der Waals surface area contributed by atoms with Crippen LogP contribution in [0.3, 0.4) is 0 Å². The molecular formula is C20H20N4OS. The van der Waals surface area contributed by atoms with Crippen LogP contribution in [0.5, 0.6) is 0 Å². The molecule has 1 heterocycles. The number of thioether (sulfide) groups is 1. The van der Waals surface area contributed by atoms with Crippen molar-refractivity contribution < 1.29 is 4.79 Å². The summed E-state index contributed by atoms with van der Waals surface area (Å²) in [6, 6.07) is 21.4. The number of amides is 1. The van der Waals surface area contributed by atoms with Crippen LogP contribution >= 0.6 is 11.8 Å². The molecule has 26 heavy (non-hydrogen) atoms. The summed E-state index contributed by atoms with van der Waals surface area (Å²) in [5, 5.41) is 2.54. The van der Waals surface area contributed by atoms with Gasteiger partial charge in [-0.1, -0.05) is 48.5 Å². The van der Waals surface area contributed by atoms with E-state index in [1.807, 2.05) is 79.7 Å². The monoisotopic (exact) mass is 364 g/mol. The van der Waals surface area contributed by atoms with Gasteiger partial charge >= 0.3 is 0 Å². The molecule has 6 heteroatoms. The van der Waals surface area contributed by atoms with Gasteiger partial charge in [0.05, 0.1) is 0 Å². The Hall–Kier alpha value is -2.86. The lowest BCUT2D eigenvalue weighted by atomic mass is 10.1. The highest BCUT2D eigenvalue weighted by Crippen LogP contribution is 2.36. The first-order valence-corrected chi connectivity index (χ1v) is 9.08. The molecule has 5 nitrogen and oxygen atoms in total. The Morgan fingerprint density at radius 2 is 1.65 bits per heavy atom. The third-order valence-electron chi connectivity index (χ3n) is 3.70. The van der Waals surface area contributed by atoms with Gasteiger partial charge in [0.25, 0.3) is 0 Å². The molecule has 3 rings (SSSR count). The summed E-state index contributed by atoms with van der Waals surface area (Å²) in [5.41, 5.74) is 0.945. The second kappa shape index (κ2) is 8.49. The summed E-state index contributed by atoms with van der Waals surface area (Å²) in [7, 11) is 3.79. The SMILES string of the molecule is CN(C)c1cc(NC(=O)[C@@H](Sc2ccccc2)c2ccccc2)ncn1. The molecule has 2 aromatic carbocycles. The van der Waals surface area contributed by atoms with E-state index < -0.39 is 0 Å². The molecule has 1 N–H and O–H groups in total. The fourth-order valence-corrected chi connectivity index (χ4v) is 3.43. The van der Waals surface area contributed by atoms with Crippen LogP contribution in [0.1, 0.15) is 10.8 Å². The van der Waals surface area contributed by atoms with Gasteiger partial charge in [0.1, 0.15) is 23.2 Å². The van der Waals surface area contributed by atoms with Gasteiger partial charge in [-0.3, -0.25) is 4.79 Å². The molecule has 0 unspecified atom stereocenters. The van der Waals surface area contributed by atoms with Gasteiger partial charge < -0.3 is 10.2 Å². The van der Waals surface area contributed by atoms with Crippen LogP contribution in [0.2, 0.25) is 0 Å². The number of carbonyl (C=O) groups is 1. The molecule has 0 saturated carbocycles. The smallest absolute Gasteiger partial charge is 0.243 e. The van der Waals surface area contributed by atoms with Crippen LogP contribution < -0.4 is 10.2 Å². The third kappa shape index (κ3) is 4.61. The van der Waals surface area contributed by atoms with E-state index in [9.17, 15) is 4.79 Å². The molecule has 0 bridgehead atoms. The summed E-state index contributed by atoms with van der Waals surface area (Å²) in [4.78, 5) is 24.2. The minimum absolute atomic E-state index is 0.117. The van der Waals surface area contributed by atoms with E-state index in [-0.39, 0.29) is 11.2 Å². The number of nitrogens with zero attached hydrogens (tertiary/aromatic N) is 3. The molecule has 1 aromatic heterocycles. The molecule has 1 atom stereocenters. The van der Waals surface area contributed by atoms with Crippen LogP contribution in [0, 0.1) is 0 Å². The molecular weight excluding hydrogens is 344 g/mol. The van der Waals surface area contributed by atoms with Gasteiger partial charge in [-0.25, -0.2) is 9.97 Å². The third-order valence-corrected chi connectivity index (χ3v) is 4.97. The molecule has 0 aliphatic heterocycles. The first-order chi connectivity index (χ1) is 12.6. The van der Waals surface area contributed by atoms with Crippen molar-refractivity contribution in [2.24, 2.45) is 0 Å². The van der Waals surface area contributed by atoms with Gasteiger partial charge in [-0.05, 0) is 17.7 Å². The fourth-order valence-electron chi connectivity index (χ4n) is 2.39. The molecule has 132 valence electrons. The van der Waals surface area contributed by atoms with Crippen molar-refractivity contribution >= 4 is 29.3 Å². The number of nitrogens with one attached hydrogen (secondary N) is 1. The lowest BCUT2D eigenvalue weighted by Crippen LogP contribution is -2.20. The van der Waals surface area contributed by atoms with Gasteiger partial charge in [-0.2, -0.15) is 0 Å². The maximum absolute atomic E-state index is 13.0. The van der Waals surface area contributed by atoms with E-state index in [2.05, 4.69) is 15.3 Å². The quantitative estimate of drug-likeness (QED) is 0.670. The first kappa shape index (κ1) is 17.9.